The van der Waals surface area contributed by atoms with Gasteiger partial charge in [0.15, 0.2) is 6.10 Å². The van der Waals surface area contributed by atoms with Crippen LogP contribution in [0.2, 0.25) is 0 Å². The molecule has 0 unspecified atom stereocenters. The first-order valence-electron chi connectivity index (χ1n) is 8.42. The lowest BCUT2D eigenvalue weighted by molar-refractivity contribution is -0.384. The number of non-ortho nitro benzene ring substituents is 1. The summed E-state index contributed by atoms with van der Waals surface area (Å²) in [4.78, 5) is 34.0. The van der Waals surface area contributed by atoms with Crippen LogP contribution in [0.3, 0.4) is 0 Å². The number of rotatable bonds is 7. The Kier molecular flexibility index (Phi) is 6.82. The first-order chi connectivity index (χ1) is 12.9. The molecule has 0 spiro atoms. The number of aryl methyl sites for hydroxylation is 1. The average molecular weight is 368 g/mol. The maximum absolute atomic E-state index is 12.1. The van der Waals surface area contributed by atoms with E-state index in [1.165, 1.54) is 43.3 Å². The minimum atomic E-state index is -0.968. The number of nitro groups is 1. The zero-order valence-corrected chi connectivity index (χ0v) is 15.0. The van der Waals surface area contributed by atoms with E-state index in [-0.39, 0.29) is 5.69 Å². The van der Waals surface area contributed by atoms with Gasteiger partial charge in [0.05, 0.1) is 4.92 Å². The van der Waals surface area contributed by atoms with Crippen molar-refractivity contribution in [2.45, 2.75) is 26.4 Å². The molecule has 7 nitrogen and oxygen atoms in total. The normalized spacial score (nSPS) is 11.8. The lowest BCUT2D eigenvalue weighted by atomic mass is 10.1. The molecule has 27 heavy (non-hydrogen) atoms. The van der Waals surface area contributed by atoms with Gasteiger partial charge in [-0.05, 0) is 54.8 Å². The molecule has 0 aliphatic heterocycles. The van der Waals surface area contributed by atoms with Crippen LogP contribution in [0.5, 0.6) is 0 Å². The molecule has 1 amide bonds. The second-order valence-corrected chi connectivity index (χ2v) is 5.80. The molecule has 1 N–H and O–H groups in total. The molecule has 0 bridgehead atoms. The van der Waals surface area contributed by atoms with Gasteiger partial charge in [0.2, 0.25) is 0 Å². The van der Waals surface area contributed by atoms with Crippen molar-refractivity contribution < 1.29 is 19.2 Å². The predicted molar refractivity (Wildman–Crippen MR) is 102 cm³/mol. The van der Waals surface area contributed by atoms with Gasteiger partial charge in [0, 0.05) is 23.9 Å². The number of carbonyl (C=O) groups is 2. The van der Waals surface area contributed by atoms with Crippen molar-refractivity contribution in [3.8, 4) is 0 Å². The maximum Gasteiger partial charge on any atom is 0.331 e. The number of hydrogen-bond acceptors (Lipinski definition) is 5. The molecule has 2 aromatic carbocycles. The Bertz CT molecular complexity index is 842. The molecule has 140 valence electrons. The molecule has 0 aromatic heterocycles. The van der Waals surface area contributed by atoms with Crippen LogP contribution in [-0.2, 0) is 20.7 Å². The van der Waals surface area contributed by atoms with Crippen LogP contribution in [-0.4, -0.2) is 22.9 Å². The highest BCUT2D eigenvalue weighted by Crippen LogP contribution is 2.13. The van der Waals surface area contributed by atoms with Crippen molar-refractivity contribution in [2.75, 3.05) is 5.32 Å². The number of carbonyl (C=O) groups excluding carboxylic acids is 2. The topological polar surface area (TPSA) is 98.5 Å². The summed E-state index contributed by atoms with van der Waals surface area (Å²) in [6.45, 7) is 3.52. The standard InChI is InChI=1S/C20H20N2O5/c1-3-15-4-9-17(10-5-15)21-20(24)14(2)27-19(23)13-8-16-6-11-18(12-7-16)22(25)26/h4-14H,3H2,1-2H3,(H,21,24)/b13-8+/t14-/m1/s1. The summed E-state index contributed by atoms with van der Waals surface area (Å²) < 4.78 is 5.07. The summed E-state index contributed by atoms with van der Waals surface area (Å²) >= 11 is 0. The molecule has 0 radical (unpaired) electrons. The lowest BCUT2D eigenvalue weighted by Crippen LogP contribution is -2.29. The van der Waals surface area contributed by atoms with Gasteiger partial charge in [0.25, 0.3) is 11.6 Å². The summed E-state index contributed by atoms with van der Waals surface area (Å²) in [5.74, 6) is -1.12. The molecular formula is C20H20N2O5. The maximum atomic E-state index is 12.1. The lowest BCUT2D eigenvalue weighted by Gasteiger charge is -2.12. The van der Waals surface area contributed by atoms with Gasteiger partial charge in [-0.3, -0.25) is 14.9 Å². The molecule has 0 saturated heterocycles. The van der Waals surface area contributed by atoms with Crippen molar-refractivity contribution in [1.29, 1.82) is 0 Å². The molecule has 0 aliphatic rings. The Morgan fingerprint density at radius 1 is 1.15 bits per heavy atom. The van der Waals surface area contributed by atoms with Gasteiger partial charge >= 0.3 is 5.97 Å². The molecule has 0 fully saturated rings. The van der Waals surface area contributed by atoms with Crippen molar-refractivity contribution >= 4 is 29.3 Å². The molecular weight excluding hydrogens is 348 g/mol. The van der Waals surface area contributed by atoms with Gasteiger partial charge in [-0.1, -0.05) is 19.1 Å². The number of nitro benzene ring substituents is 1. The Hall–Kier alpha value is -3.48. The van der Waals surface area contributed by atoms with E-state index in [0.29, 0.717) is 11.3 Å². The quantitative estimate of drug-likeness (QED) is 0.347. The second kappa shape index (κ2) is 9.28. The Morgan fingerprint density at radius 2 is 1.78 bits per heavy atom. The van der Waals surface area contributed by atoms with Gasteiger partial charge in [-0.25, -0.2) is 4.79 Å². The third-order valence-corrected chi connectivity index (χ3v) is 3.81. The molecule has 1 atom stereocenters. The number of hydrogen-bond donors (Lipinski definition) is 1. The fourth-order valence-corrected chi connectivity index (χ4v) is 2.21. The Labute approximate surface area is 156 Å². The van der Waals surface area contributed by atoms with Crippen LogP contribution in [0.15, 0.2) is 54.6 Å². The number of nitrogens with zero attached hydrogens (tertiary/aromatic N) is 1. The number of nitrogens with one attached hydrogen (secondary N) is 1. The Balaban J connectivity index is 1.87. The van der Waals surface area contributed by atoms with E-state index >= 15 is 0 Å². The zero-order valence-electron chi connectivity index (χ0n) is 15.0. The number of anilines is 1. The van der Waals surface area contributed by atoms with E-state index < -0.39 is 22.9 Å². The average Bonchev–Trinajstić information content (AvgIpc) is 2.67. The van der Waals surface area contributed by atoms with Crippen LogP contribution >= 0.6 is 0 Å². The zero-order chi connectivity index (χ0) is 19.8. The minimum absolute atomic E-state index is 0.0352. The minimum Gasteiger partial charge on any atom is -0.449 e. The smallest absolute Gasteiger partial charge is 0.331 e. The number of amides is 1. The summed E-state index contributed by atoms with van der Waals surface area (Å²) in [5, 5.41) is 13.3. The van der Waals surface area contributed by atoms with Crippen molar-refractivity contribution in [3.63, 3.8) is 0 Å². The van der Waals surface area contributed by atoms with Crippen molar-refractivity contribution in [3.05, 3.63) is 75.8 Å². The molecule has 2 rings (SSSR count). The number of esters is 1. The summed E-state index contributed by atoms with van der Waals surface area (Å²) in [6, 6.07) is 13.1. The second-order valence-electron chi connectivity index (χ2n) is 5.80. The highest BCUT2D eigenvalue weighted by atomic mass is 16.6. The fraction of sp³-hybridized carbons (Fsp3) is 0.200. The van der Waals surface area contributed by atoms with Crippen molar-refractivity contribution in [1.82, 2.24) is 0 Å². The van der Waals surface area contributed by atoms with Gasteiger partial charge in [-0.15, -0.1) is 0 Å². The summed E-state index contributed by atoms with van der Waals surface area (Å²) in [6.07, 6.45) is 2.56. The third kappa shape index (κ3) is 6.07. The summed E-state index contributed by atoms with van der Waals surface area (Å²) in [7, 11) is 0. The largest absolute Gasteiger partial charge is 0.449 e. The highest BCUT2D eigenvalue weighted by molar-refractivity contribution is 5.96. The van der Waals surface area contributed by atoms with E-state index in [1.807, 2.05) is 19.1 Å². The fourth-order valence-electron chi connectivity index (χ4n) is 2.21. The first-order valence-corrected chi connectivity index (χ1v) is 8.42. The Morgan fingerprint density at radius 3 is 2.33 bits per heavy atom. The van der Waals surface area contributed by atoms with E-state index in [0.717, 1.165) is 12.0 Å². The van der Waals surface area contributed by atoms with Crippen LogP contribution in [0.25, 0.3) is 6.08 Å². The van der Waals surface area contributed by atoms with Crippen LogP contribution < -0.4 is 5.32 Å². The number of ether oxygens (including phenoxy) is 1. The predicted octanol–water partition coefficient (Wildman–Crippen LogP) is 3.74. The third-order valence-electron chi connectivity index (χ3n) is 3.81. The highest BCUT2D eigenvalue weighted by Gasteiger charge is 2.16. The SMILES string of the molecule is CCc1ccc(NC(=O)[C@@H](C)OC(=O)/C=C/c2ccc([N+](=O)[O-])cc2)cc1. The van der Waals surface area contributed by atoms with Gasteiger partial charge < -0.3 is 10.1 Å². The summed E-state index contributed by atoms with van der Waals surface area (Å²) in [5.41, 5.74) is 2.35. The van der Waals surface area contributed by atoms with Gasteiger partial charge in [0.1, 0.15) is 0 Å². The van der Waals surface area contributed by atoms with Crippen LogP contribution in [0.4, 0.5) is 11.4 Å². The molecule has 2 aromatic rings. The van der Waals surface area contributed by atoms with E-state index in [2.05, 4.69) is 5.32 Å². The monoisotopic (exact) mass is 368 g/mol. The van der Waals surface area contributed by atoms with Crippen LogP contribution in [0.1, 0.15) is 25.0 Å². The van der Waals surface area contributed by atoms with E-state index in [4.69, 9.17) is 4.74 Å². The van der Waals surface area contributed by atoms with Crippen molar-refractivity contribution in [2.24, 2.45) is 0 Å². The van der Waals surface area contributed by atoms with Gasteiger partial charge in [-0.2, -0.15) is 0 Å². The molecule has 0 heterocycles. The molecule has 7 heteroatoms. The molecule has 0 aliphatic carbocycles. The first kappa shape index (κ1) is 19.8. The molecule has 0 saturated carbocycles. The number of benzene rings is 2. The van der Waals surface area contributed by atoms with E-state index in [9.17, 15) is 19.7 Å². The van der Waals surface area contributed by atoms with Crippen LogP contribution in [0, 0.1) is 10.1 Å². The van der Waals surface area contributed by atoms with E-state index in [1.54, 1.807) is 12.1 Å².